The molecule has 0 aromatic heterocycles. The van der Waals surface area contributed by atoms with Crippen LogP contribution in [0.15, 0.2) is 0 Å². The largest absolute Gasteiger partial charge is 0.444 e. The number of ether oxygens (including phenoxy) is 1. The van der Waals surface area contributed by atoms with Crippen LogP contribution in [0, 0.1) is 11.3 Å². The van der Waals surface area contributed by atoms with Crippen LogP contribution in [0.25, 0.3) is 0 Å². The van der Waals surface area contributed by atoms with E-state index in [2.05, 4.69) is 43.8 Å². The van der Waals surface area contributed by atoms with Gasteiger partial charge in [0.05, 0.1) is 25.7 Å². The van der Waals surface area contributed by atoms with Gasteiger partial charge in [-0.25, -0.2) is 9.46 Å². The van der Waals surface area contributed by atoms with E-state index in [4.69, 9.17) is 19.0 Å². The van der Waals surface area contributed by atoms with Crippen molar-refractivity contribution in [2.24, 2.45) is 0 Å². The molecule has 140 valence electrons. The van der Waals surface area contributed by atoms with E-state index in [9.17, 15) is 4.79 Å². The van der Waals surface area contributed by atoms with Gasteiger partial charge in [0.2, 0.25) is 0 Å². The summed E-state index contributed by atoms with van der Waals surface area (Å²) in [6.07, 6.45) is -0.145. The predicted molar refractivity (Wildman–Crippen MR) is 95.4 cm³/mol. The highest BCUT2D eigenvalue weighted by atomic mass is 31.2. The number of carbonyl (C=O) groups excluding carboxylic acids is 1. The highest BCUT2D eigenvalue weighted by Gasteiger charge is 2.27. The van der Waals surface area contributed by atoms with Crippen LogP contribution in [0.1, 0.15) is 54.9 Å². The van der Waals surface area contributed by atoms with Crippen molar-refractivity contribution in [2.45, 2.75) is 72.6 Å². The lowest BCUT2D eigenvalue weighted by atomic mass is 10.2. The zero-order valence-electron chi connectivity index (χ0n) is 16.0. The first-order chi connectivity index (χ1) is 11.1. The van der Waals surface area contributed by atoms with Crippen molar-refractivity contribution in [1.82, 2.24) is 9.99 Å². The van der Waals surface area contributed by atoms with E-state index in [1.165, 1.54) is 0 Å². The second-order valence-corrected chi connectivity index (χ2v) is 8.26. The zero-order valence-corrected chi connectivity index (χ0v) is 16.9. The van der Waals surface area contributed by atoms with Gasteiger partial charge in [0.15, 0.2) is 0 Å². The van der Waals surface area contributed by atoms with Crippen molar-refractivity contribution >= 4 is 14.6 Å². The number of alkyl carbamates (subject to hydrolysis) is 1. The Morgan fingerprint density at radius 3 is 2.17 bits per heavy atom. The molecular weight excluding hydrogens is 329 g/mol. The van der Waals surface area contributed by atoms with Crippen LogP contribution < -0.4 is 5.32 Å². The lowest BCUT2D eigenvalue weighted by Gasteiger charge is -2.35. The Kier molecular flexibility index (Phi) is 11.1. The number of nitrogens with zero attached hydrogens (tertiary/aromatic N) is 2. The normalized spacial score (nSPS) is 13.2. The Labute approximate surface area is 147 Å². The molecule has 0 rings (SSSR count). The minimum absolute atomic E-state index is 0.247. The summed E-state index contributed by atoms with van der Waals surface area (Å²) in [5, 5.41) is 11.3. The maximum Gasteiger partial charge on any atom is 0.407 e. The summed E-state index contributed by atoms with van der Waals surface area (Å²) in [5.74, 6) is 0. The maximum absolute atomic E-state index is 11.6. The van der Waals surface area contributed by atoms with Crippen LogP contribution in [-0.4, -0.2) is 48.2 Å². The number of hydrogen-bond donors (Lipinski definition) is 1. The molecule has 0 heterocycles. The third kappa shape index (κ3) is 10.8. The van der Waals surface area contributed by atoms with Crippen molar-refractivity contribution in [2.75, 3.05) is 19.8 Å². The van der Waals surface area contributed by atoms with Gasteiger partial charge in [0.25, 0.3) is 8.53 Å². The summed E-state index contributed by atoms with van der Waals surface area (Å²) in [6.45, 7) is 14.7. The first-order valence-corrected chi connectivity index (χ1v) is 9.39. The Morgan fingerprint density at radius 2 is 1.71 bits per heavy atom. The minimum Gasteiger partial charge on any atom is -0.444 e. The third-order valence-electron chi connectivity index (χ3n) is 2.63. The number of carbonyl (C=O) groups is 1. The van der Waals surface area contributed by atoms with Crippen molar-refractivity contribution in [3.05, 3.63) is 0 Å². The summed E-state index contributed by atoms with van der Waals surface area (Å²) < 4.78 is 18.9. The molecule has 0 aromatic carbocycles. The minimum atomic E-state index is -1.28. The average Bonchev–Trinajstić information content (AvgIpc) is 2.40. The Balaban J connectivity index is 4.45. The third-order valence-corrected chi connectivity index (χ3v) is 4.74. The van der Waals surface area contributed by atoms with Gasteiger partial charge in [-0.2, -0.15) is 5.26 Å². The molecule has 1 amide bonds. The van der Waals surface area contributed by atoms with Crippen LogP contribution in [0.4, 0.5) is 4.79 Å². The topological polar surface area (TPSA) is 83.8 Å². The van der Waals surface area contributed by atoms with Crippen molar-refractivity contribution in [1.29, 1.82) is 5.26 Å². The summed E-state index contributed by atoms with van der Waals surface area (Å²) in [5.41, 5.74) is -0.524. The molecule has 0 saturated heterocycles. The molecule has 0 aliphatic rings. The number of nitriles is 1. The quantitative estimate of drug-likeness (QED) is 0.471. The lowest BCUT2D eigenvalue weighted by molar-refractivity contribution is 0.0517. The summed E-state index contributed by atoms with van der Waals surface area (Å²) in [4.78, 5) is 11.6. The molecule has 0 saturated carbocycles. The second kappa shape index (κ2) is 11.6. The molecule has 0 fully saturated rings. The maximum atomic E-state index is 11.6. The molecule has 0 aliphatic carbocycles. The Morgan fingerprint density at radius 1 is 1.17 bits per heavy atom. The first-order valence-electron chi connectivity index (χ1n) is 8.26. The van der Waals surface area contributed by atoms with Crippen LogP contribution in [0.3, 0.4) is 0 Å². The molecule has 0 spiro atoms. The first kappa shape index (κ1) is 23.1. The smallest absolute Gasteiger partial charge is 0.407 e. The number of hydrogen-bond acceptors (Lipinski definition) is 6. The highest BCUT2D eigenvalue weighted by Crippen LogP contribution is 2.45. The van der Waals surface area contributed by atoms with E-state index in [0.29, 0.717) is 26.2 Å². The van der Waals surface area contributed by atoms with Gasteiger partial charge < -0.3 is 19.1 Å². The molecule has 1 N–H and O–H groups in total. The van der Waals surface area contributed by atoms with Gasteiger partial charge in [-0.15, -0.1) is 0 Å². The molecule has 1 atom stereocenters. The average molecular weight is 361 g/mol. The molecule has 0 radical (unpaired) electrons. The number of amides is 1. The standard InChI is InChI=1S/C16H32N3O4P/c1-13(2)19(14(3)4)24(21-11-8-9-17)22-12-10-18-15(20)23-16(5,6)7/h13-14H,8,10-12H2,1-7H3,(H,18,20). The molecule has 24 heavy (non-hydrogen) atoms. The van der Waals surface area contributed by atoms with E-state index < -0.39 is 20.2 Å². The molecule has 0 aliphatic heterocycles. The number of nitrogens with one attached hydrogen (secondary N) is 1. The van der Waals surface area contributed by atoms with Gasteiger partial charge in [-0.1, -0.05) is 0 Å². The van der Waals surface area contributed by atoms with E-state index >= 15 is 0 Å². The fourth-order valence-electron chi connectivity index (χ4n) is 1.90. The monoisotopic (exact) mass is 361 g/mol. The Bertz CT molecular complexity index is 397. The van der Waals surface area contributed by atoms with E-state index in [-0.39, 0.29) is 12.1 Å². The molecular formula is C16H32N3O4P. The van der Waals surface area contributed by atoms with Gasteiger partial charge in [-0.05, 0) is 48.5 Å². The van der Waals surface area contributed by atoms with Crippen LogP contribution in [-0.2, 0) is 13.8 Å². The van der Waals surface area contributed by atoms with Crippen molar-refractivity contribution in [3.8, 4) is 6.07 Å². The van der Waals surface area contributed by atoms with Gasteiger partial charge in [0, 0.05) is 18.6 Å². The SMILES string of the molecule is CC(C)N(C(C)C)P(OCCC#N)OCCNC(=O)OC(C)(C)C. The summed E-state index contributed by atoms with van der Waals surface area (Å²) >= 11 is 0. The number of rotatable bonds is 10. The van der Waals surface area contributed by atoms with E-state index in [0.717, 1.165) is 0 Å². The van der Waals surface area contributed by atoms with Crippen LogP contribution >= 0.6 is 8.53 Å². The van der Waals surface area contributed by atoms with Crippen LogP contribution in [0.2, 0.25) is 0 Å². The van der Waals surface area contributed by atoms with E-state index in [1.54, 1.807) is 0 Å². The predicted octanol–water partition coefficient (Wildman–Crippen LogP) is 3.80. The van der Waals surface area contributed by atoms with Crippen molar-refractivity contribution in [3.63, 3.8) is 0 Å². The molecule has 8 heteroatoms. The van der Waals surface area contributed by atoms with Gasteiger partial charge >= 0.3 is 6.09 Å². The zero-order chi connectivity index (χ0) is 18.8. The molecule has 0 aromatic rings. The fraction of sp³-hybridized carbons (Fsp3) is 0.875. The molecule has 1 unspecified atom stereocenters. The van der Waals surface area contributed by atoms with Gasteiger partial charge in [-0.3, -0.25) is 0 Å². The lowest BCUT2D eigenvalue weighted by Crippen LogP contribution is -2.36. The highest BCUT2D eigenvalue weighted by molar-refractivity contribution is 7.44. The second-order valence-electron chi connectivity index (χ2n) is 6.81. The van der Waals surface area contributed by atoms with Gasteiger partial charge in [0.1, 0.15) is 5.60 Å². The summed E-state index contributed by atoms with van der Waals surface area (Å²) in [6, 6.07) is 2.56. The Hall–Kier alpha value is -0.930. The van der Waals surface area contributed by atoms with E-state index in [1.807, 2.05) is 20.8 Å². The molecule has 0 bridgehead atoms. The van der Waals surface area contributed by atoms with Crippen molar-refractivity contribution < 1.29 is 18.6 Å². The summed E-state index contributed by atoms with van der Waals surface area (Å²) in [7, 11) is -1.28. The molecule has 7 nitrogen and oxygen atoms in total. The fourth-order valence-corrected chi connectivity index (χ4v) is 3.49. The van der Waals surface area contributed by atoms with Crippen LogP contribution in [0.5, 0.6) is 0 Å².